The molecule has 0 spiro atoms. The third-order valence-corrected chi connectivity index (χ3v) is 4.06. The van der Waals surface area contributed by atoms with Gasteiger partial charge in [-0.05, 0) is 30.7 Å². The van der Waals surface area contributed by atoms with E-state index in [0.717, 1.165) is 6.42 Å². The molecular formula is C20H22O7. The second-order valence-electron chi connectivity index (χ2n) is 5.80. The van der Waals surface area contributed by atoms with Crippen LogP contribution in [0.4, 0.5) is 0 Å². The molecule has 2 aromatic rings. The molecule has 0 atom stereocenters. The molecule has 7 nitrogen and oxygen atoms in total. The first kappa shape index (κ1) is 20.1. The number of benzene rings is 2. The number of esters is 1. The maximum atomic E-state index is 11.8. The van der Waals surface area contributed by atoms with E-state index in [-0.39, 0.29) is 23.5 Å². The lowest BCUT2D eigenvalue weighted by atomic mass is 10.0. The van der Waals surface area contributed by atoms with E-state index >= 15 is 0 Å². The molecular weight excluding hydrogens is 352 g/mol. The second kappa shape index (κ2) is 8.93. The van der Waals surface area contributed by atoms with E-state index in [1.807, 2.05) is 6.92 Å². The molecule has 0 aliphatic carbocycles. The number of phenols is 1. The van der Waals surface area contributed by atoms with Gasteiger partial charge in [0.15, 0.2) is 0 Å². The molecule has 7 heteroatoms. The molecule has 2 aromatic carbocycles. The largest absolute Gasteiger partial charge is 0.507 e. The summed E-state index contributed by atoms with van der Waals surface area (Å²) < 4.78 is 15.7. The minimum absolute atomic E-state index is 0.0803. The molecule has 0 bridgehead atoms. The normalized spacial score (nSPS) is 10.3. The number of rotatable bonds is 8. The smallest absolute Gasteiger partial charge is 0.341 e. The maximum Gasteiger partial charge on any atom is 0.341 e. The van der Waals surface area contributed by atoms with Crippen LogP contribution in [-0.4, -0.2) is 36.4 Å². The molecule has 144 valence electrons. The molecule has 0 aliphatic rings. The Kier molecular flexibility index (Phi) is 6.65. The van der Waals surface area contributed by atoms with Gasteiger partial charge in [0.2, 0.25) is 0 Å². The molecule has 0 saturated heterocycles. The molecule has 27 heavy (non-hydrogen) atoms. The summed E-state index contributed by atoms with van der Waals surface area (Å²) in [6.07, 6.45) is 1.26. The number of aromatic hydroxyl groups is 1. The van der Waals surface area contributed by atoms with Crippen molar-refractivity contribution in [2.75, 3.05) is 14.2 Å². The molecule has 2 rings (SSSR count). The predicted molar refractivity (Wildman–Crippen MR) is 97.7 cm³/mol. The molecule has 0 heterocycles. The summed E-state index contributed by atoms with van der Waals surface area (Å²) in [7, 11) is 2.70. The van der Waals surface area contributed by atoms with Crippen molar-refractivity contribution in [2.45, 2.75) is 26.4 Å². The third-order valence-electron chi connectivity index (χ3n) is 4.06. The highest BCUT2D eigenvalue weighted by Gasteiger charge is 2.19. The molecule has 2 N–H and O–H groups in total. The molecule has 0 saturated carbocycles. The van der Waals surface area contributed by atoms with Crippen LogP contribution in [0.25, 0.3) is 0 Å². The van der Waals surface area contributed by atoms with Crippen LogP contribution in [0.5, 0.6) is 17.2 Å². The summed E-state index contributed by atoms with van der Waals surface area (Å²) in [5.74, 6) is -1.00. The van der Waals surface area contributed by atoms with E-state index in [4.69, 9.17) is 14.6 Å². The van der Waals surface area contributed by atoms with Crippen molar-refractivity contribution in [1.29, 1.82) is 0 Å². The summed E-state index contributed by atoms with van der Waals surface area (Å²) in [5.41, 5.74) is 1.36. The van der Waals surface area contributed by atoms with Crippen molar-refractivity contribution in [3.05, 3.63) is 52.6 Å². The standard InChI is InChI=1S/C20H22O7/c1-4-5-14-16(9-8-15(18(14)21)20(24)26-3)27-11-13-7-6-12(19(22)23)10-17(13)25-2/h6-10,21H,4-5,11H2,1-3H3,(H,22,23). The van der Waals surface area contributed by atoms with Crippen molar-refractivity contribution in [1.82, 2.24) is 0 Å². The Morgan fingerprint density at radius 2 is 1.81 bits per heavy atom. The Morgan fingerprint density at radius 1 is 1.07 bits per heavy atom. The van der Waals surface area contributed by atoms with Crippen LogP contribution in [0.1, 0.15) is 45.2 Å². The fourth-order valence-corrected chi connectivity index (χ4v) is 2.67. The average Bonchev–Trinajstić information content (AvgIpc) is 2.67. The van der Waals surface area contributed by atoms with Gasteiger partial charge in [-0.2, -0.15) is 0 Å². The Morgan fingerprint density at radius 3 is 2.41 bits per heavy atom. The lowest BCUT2D eigenvalue weighted by molar-refractivity contribution is 0.0596. The van der Waals surface area contributed by atoms with Crippen molar-refractivity contribution >= 4 is 11.9 Å². The minimum atomic E-state index is -1.05. The highest BCUT2D eigenvalue weighted by atomic mass is 16.5. The molecule has 0 fully saturated rings. The maximum absolute atomic E-state index is 11.8. The highest BCUT2D eigenvalue weighted by molar-refractivity contribution is 5.93. The van der Waals surface area contributed by atoms with E-state index in [1.54, 1.807) is 12.1 Å². The first-order valence-corrected chi connectivity index (χ1v) is 8.39. The zero-order valence-electron chi connectivity index (χ0n) is 15.4. The molecule has 0 unspecified atom stereocenters. The zero-order valence-corrected chi connectivity index (χ0v) is 15.4. The SMILES string of the molecule is CCCc1c(OCc2ccc(C(=O)O)cc2OC)ccc(C(=O)OC)c1O. The van der Waals surface area contributed by atoms with Crippen LogP contribution in [0.2, 0.25) is 0 Å². The number of hydrogen-bond acceptors (Lipinski definition) is 6. The van der Waals surface area contributed by atoms with Crippen LogP contribution < -0.4 is 9.47 Å². The van der Waals surface area contributed by atoms with Gasteiger partial charge in [-0.1, -0.05) is 19.4 Å². The Bertz CT molecular complexity index is 842. The number of carbonyl (C=O) groups is 2. The molecule has 0 aromatic heterocycles. The Balaban J connectivity index is 2.31. The van der Waals surface area contributed by atoms with Gasteiger partial charge in [0.25, 0.3) is 0 Å². The molecule has 0 amide bonds. The topological polar surface area (TPSA) is 102 Å². The summed E-state index contributed by atoms with van der Waals surface area (Å²) in [5, 5.41) is 19.5. The monoisotopic (exact) mass is 374 g/mol. The number of carboxylic acids is 1. The van der Waals surface area contributed by atoms with E-state index in [2.05, 4.69) is 4.74 Å². The summed E-state index contributed by atoms with van der Waals surface area (Å²) >= 11 is 0. The summed E-state index contributed by atoms with van der Waals surface area (Å²) in [4.78, 5) is 22.8. The second-order valence-corrected chi connectivity index (χ2v) is 5.80. The minimum Gasteiger partial charge on any atom is -0.507 e. The molecule has 0 aliphatic heterocycles. The van der Waals surface area contributed by atoms with Crippen LogP contribution >= 0.6 is 0 Å². The number of carbonyl (C=O) groups excluding carboxylic acids is 1. The van der Waals surface area contributed by atoms with E-state index in [1.165, 1.54) is 32.4 Å². The first-order chi connectivity index (χ1) is 12.9. The van der Waals surface area contributed by atoms with Gasteiger partial charge >= 0.3 is 11.9 Å². The fourth-order valence-electron chi connectivity index (χ4n) is 2.67. The lowest BCUT2D eigenvalue weighted by Crippen LogP contribution is -2.06. The van der Waals surface area contributed by atoms with Crippen molar-refractivity contribution in [2.24, 2.45) is 0 Å². The fraction of sp³-hybridized carbons (Fsp3) is 0.300. The van der Waals surface area contributed by atoms with E-state index in [0.29, 0.717) is 29.0 Å². The van der Waals surface area contributed by atoms with Gasteiger partial charge in [-0.25, -0.2) is 9.59 Å². The zero-order chi connectivity index (χ0) is 20.0. The van der Waals surface area contributed by atoms with Gasteiger partial charge in [-0.15, -0.1) is 0 Å². The van der Waals surface area contributed by atoms with Crippen LogP contribution in [0.15, 0.2) is 30.3 Å². The van der Waals surface area contributed by atoms with Crippen molar-refractivity contribution < 1.29 is 34.0 Å². The number of methoxy groups -OCH3 is 2. The van der Waals surface area contributed by atoms with Gasteiger partial charge in [0.05, 0.1) is 19.8 Å². The number of aromatic carboxylic acids is 1. The third kappa shape index (κ3) is 4.49. The van der Waals surface area contributed by atoms with Crippen LogP contribution in [0.3, 0.4) is 0 Å². The van der Waals surface area contributed by atoms with Gasteiger partial charge in [0, 0.05) is 11.1 Å². The van der Waals surface area contributed by atoms with Gasteiger partial charge in [0.1, 0.15) is 29.4 Å². The van der Waals surface area contributed by atoms with E-state index in [9.17, 15) is 14.7 Å². The van der Waals surface area contributed by atoms with Gasteiger partial charge < -0.3 is 24.4 Å². The quantitative estimate of drug-likeness (QED) is 0.683. The van der Waals surface area contributed by atoms with Crippen molar-refractivity contribution in [3.63, 3.8) is 0 Å². The summed E-state index contributed by atoms with van der Waals surface area (Å²) in [6.45, 7) is 2.05. The lowest BCUT2D eigenvalue weighted by Gasteiger charge is -2.16. The average molecular weight is 374 g/mol. The molecule has 0 radical (unpaired) electrons. The van der Waals surface area contributed by atoms with E-state index < -0.39 is 11.9 Å². The van der Waals surface area contributed by atoms with Crippen LogP contribution in [-0.2, 0) is 17.8 Å². The predicted octanol–water partition coefficient (Wildman–Crippen LogP) is 3.42. The Hall–Kier alpha value is -3.22. The van der Waals surface area contributed by atoms with Crippen molar-refractivity contribution in [3.8, 4) is 17.2 Å². The number of phenolic OH excluding ortho intramolecular Hbond substituents is 1. The van der Waals surface area contributed by atoms with Gasteiger partial charge in [-0.3, -0.25) is 0 Å². The summed E-state index contributed by atoms with van der Waals surface area (Å²) in [6, 6.07) is 7.56. The van der Waals surface area contributed by atoms with Crippen LogP contribution in [0, 0.1) is 0 Å². The number of carboxylic acid groups (broad SMARTS) is 1. The number of ether oxygens (including phenoxy) is 3. The highest BCUT2D eigenvalue weighted by Crippen LogP contribution is 2.34. The first-order valence-electron chi connectivity index (χ1n) is 8.39. The number of hydrogen-bond donors (Lipinski definition) is 2. The Labute approximate surface area is 157 Å².